The molecule has 2 aromatic rings. The summed E-state index contributed by atoms with van der Waals surface area (Å²) in [5.74, 6) is 0.539. The Kier molecular flexibility index (Phi) is 5.61. The molecular formula is C14H18N4OS. The van der Waals surface area contributed by atoms with Gasteiger partial charge in [-0.1, -0.05) is 30.3 Å². The van der Waals surface area contributed by atoms with Gasteiger partial charge in [0.15, 0.2) is 0 Å². The molecule has 0 spiro atoms. The lowest BCUT2D eigenvalue weighted by atomic mass is 10.0. The number of carbonyl (C=O) groups excluding carboxylic acids is 1. The van der Waals surface area contributed by atoms with E-state index in [4.69, 9.17) is 0 Å². The average molecular weight is 290 g/mol. The number of hydrogen-bond acceptors (Lipinski definition) is 4. The lowest BCUT2D eigenvalue weighted by molar-refractivity contribution is -0.119. The molecule has 1 unspecified atom stereocenters. The van der Waals surface area contributed by atoms with Gasteiger partial charge in [0.2, 0.25) is 5.91 Å². The Morgan fingerprint density at radius 2 is 2.20 bits per heavy atom. The molecule has 1 amide bonds. The first-order valence-electron chi connectivity index (χ1n) is 6.45. The highest BCUT2D eigenvalue weighted by Gasteiger charge is 2.14. The summed E-state index contributed by atoms with van der Waals surface area (Å²) >= 11 is 1.52. The van der Waals surface area contributed by atoms with Crippen LogP contribution in [-0.4, -0.2) is 32.7 Å². The van der Waals surface area contributed by atoms with Crippen LogP contribution in [0.4, 0.5) is 0 Å². The number of aryl methyl sites for hydroxylation is 1. The first-order chi connectivity index (χ1) is 9.79. The summed E-state index contributed by atoms with van der Waals surface area (Å²) in [5, 5.41) is 7.16. The van der Waals surface area contributed by atoms with E-state index in [2.05, 4.69) is 15.4 Å². The van der Waals surface area contributed by atoms with Crippen molar-refractivity contribution in [2.75, 3.05) is 12.0 Å². The maximum atomic E-state index is 11.8. The first kappa shape index (κ1) is 14.6. The Hall–Kier alpha value is -1.82. The van der Waals surface area contributed by atoms with Crippen LogP contribution in [0.25, 0.3) is 0 Å². The molecule has 1 heterocycles. The molecule has 1 aromatic carbocycles. The summed E-state index contributed by atoms with van der Waals surface area (Å²) in [5.41, 5.74) is 1.11. The number of rotatable bonds is 7. The largest absolute Gasteiger partial charge is 0.349 e. The van der Waals surface area contributed by atoms with Crippen LogP contribution in [0.3, 0.4) is 0 Å². The Morgan fingerprint density at radius 3 is 2.85 bits per heavy atom. The summed E-state index contributed by atoms with van der Waals surface area (Å²) in [7, 11) is 0. The van der Waals surface area contributed by atoms with Crippen LogP contribution in [-0.2, 0) is 11.3 Å². The molecule has 20 heavy (non-hydrogen) atoms. The third-order valence-corrected chi connectivity index (χ3v) is 3.48. The van der Waals surface area contributed by atoms with Crippen molar-refractivity contribution < 1.29 is 4.79 Å². The van der Waals surface area contributed by atoms with Gasteiger partial charge in [-0.2, -0.15) is 16.9 Å². The zero-order valence-electron chi connectivity index (χ0n) is 11.4. The molecule has 0 aliphatic heterocycles. The molecule has 6 heteroatoms. The fraction of sp³-hybridized carbons (Fsp3) is 0.357. The molecule has 1 N–H and O–H groups in total. The van der Waals surface area contributed by atoms with Crippen LogP contribution in [0.15, 0.2) is 43.0 Å². The molecule has 5 nitrogen and oxygen atoms in total. The fourth-order valence-electron chi connectivity index (χ4n) is 1.98. The summed E-state index contributed by atoms with van der Waals surface area (Å²) in [6.45, 7) is 0.721. The van der Waals surface area contributed by atoms with E-state index in [0.29, 0.717) is 5.75 Å². The SMILES string of the molecule is CSCC(=O)NC(CCn1cncn1)c1ccccc1. The number of carbonyl (C=O) groups is 1. The van der Waals surface area contributed by atoms with Gasteiger partial charge in [0.05, 0.1) is 11.8 Å². The topological polar surface area (TPSA) is 59.8 Å². The molecule has 106 valence electrons. The number of nitrogens with zero attached hydrogens (tertiary/aromatic N) is 3. The van der Waals surface area contributed by atoms with E-state index in [1.165, 1.54) is 18.1 Å². The van der Waals surface area contributed by atoms with Crippen molar-refractivity contribution in [3.8, 4) is 0 Å². The number of thioether (sulfide) groups is 1. The van der Waals surface area contributed by atoms with Crippen molar-refractivity contribution in [1.82, 2.24) is 20.1 Å². The predicted octanol–water partition coefficient (Wildman–Crippen LogP) is 1.89. The third kappa shape index (κ3) is 4.38. The van der Waals surface area contributed by atoms with E-state index >= 15 is 0 Å². The van der Waals surface area contributed by atoms with Gasteiger partial charge in [-0.25, -0.2) is 4.98 Å². The Morgan fingerprint density at radius 1 is 1.40 bits per heavy atom. The number of hydrogen-bond donors (Lipinski definition) is 1. The van der Waals surface area contributed by atoms with E-state index in [1.54, 1.807) is 11.0 Å². The third-order valence-electron chi connectivity index (χ3n) is 2.93. The maximum absolute atomic E-state index is 11.8. The minimum absolute atomic E-state index is 0.0000463. The summed E-state index contributed by atoms with van der Waals surface area (Å²) in [6.07, 6.45) is 5.91. The number of benzene rings is 1. The van der Waals surface area contributed by atoms with Gasteiger partial charge in [0.1, 0.15) is 12.7 Å². The second-order valence-corrected chi connectivity index (χ2v) is 5.28. The van der Waals surface area contributed by atoms with E-state index in [-0.39, 0.29) is 11.9 Å². The molecule has 0 fully saturated rings. The van der Waals surface area contributed by atoms with E-state index in [0.717, 1.165) is 18.5 Å². The second kappa shape index (κ2) is 7.69. The molecule has 1 aromatic heterocycles. The Balaban J connectivity index is 2.01. The average Bonchev–Trinajstić information content (AvgIpc) is 2.98. The highest BCUT2D eigenvalue weighted by atomic mass is 32.2. The molecule has 0 saturated carbocycles. The van der Waals surface area contributed by atoms with Gasteiger partial charge < -0.3 is 5.32 Å². The van der Waals surface area contributed by atoms with Gasteiger partial charge in [0, 0.05) is 6.54 Å². The summed E-state index contributed by atoms with van der Waals surface area (Å²) < 4.78 is 1.77. The van der Waals surface area contributed by atoms with Crippen LogP contribution >= 0.6 is 11.8 Å². The number of nitrogens with one attached hydrogen (secondary N) is 1. The zero-order valence-corrected chi connectivity index (χ0v) is 12.2. The monoisotopic (exact) mass is 290 g/mol. The molecule has 0 radical (unpaired) electrons. The lowest BCUT2D eigenvalue weighted by Gasteiger charge is -2.19. The fourth-order valence-corrected chi connectivity index (χ4v) is 2.33. The molecule has 0 saturated heterocycles. The second-order valence-electron chi connectivity index (χ2n) is 4.41. The predicted molar refractivity (Wildman–Crippen MR) is 80.3 cm³/mol. The van der Waals surface area contributed by atoms with E-state index in [9.17, 15) is 4.79 Å². The summed E-state index contributed by atoms with van der Waals surface area (Å²) in [6, 6.07) is 10.0. The van der Waals surface area contributed by atoms with Crippen LogP contribution in [0.1, 0.15) is 18.0 Å². The standard InChI is InChI=1S/C14H18N4OS/c1-20-9-14(19)17-13(12-5-3-2-4-6-12)7-8-18-11-15-10-16-18/h2-6,10-11,13H,7-9H2,1H3,(H,17,19). The molecule has 0 aliphatic rings. The van der Waals surface area contributed by atoms with Crippen LogP contribution < -0.4 is 5.32 Å². The highest BCUT2D eigenvalue weighted by molar-refractivity contribution is 7.99. The van der Waals surface area contributed by atoms with Crippen molar-refractivity contribution in [3.63, 3.8) is 0 Å². The number of amides is 1. The van der Waals surface area contributed by atoms with E-state index < -0.39 is 0 Å². The molecular weight excluding hydrogens is 272 g/mol. The molecule has 2 rings (SSSR count). The molecule has 0 aliphatic carbocycles. The van der Waals surface area contributed by atoms with Crippen molar-refractivity contribution in [1.29, 1.82) is 0 Å². The first-order valence-corrected chi connectivity index (χ1v) is 7.84. The Bertz CT molecular complexity index is 515. The maximum Gasteiger partial charge on any atom is 0.230 e. The highest BCUT2D eigenvalue weighted by Crippen LogP contribution is 2.17. The molecule has 0 bridgehead atoms. The minimum Gasteiger partial charge on any atom is -0.349 e. The van der Waals surface area contributed by atoms with Crippen molar-refractivity contribution in [2.24, 2.45) is 0 Å². The smallest absolute Gasteiger partial charge is 0.230 e. The van der Waals surface area contributed by atoms with Gasteiger partial charge in [0.25, 0.3) is 0 Å². The zero-order chi connectivity index (χ0) is 14.2. The van der Waals surface area contributed by atoms with Crippen molar-refractivity contribution >= 4 is 17.7 Å². The van der Waals surface area contributed by atoms with Crippen LogP contribution in [0, 0.1) is 0 Å². The van der Waals surface area contributed by atoms with Crippen molar-refractivity contribution in [2.45, 2.75) is 19.0 Å². The van der Waals surface area contributed by atoms with Crippen molar-refractivity contribution in [3.05, 3.63) is 48.5 Å². The van der Waals surface area contributed by atoms with Crippen LogP contribution in [0.5, 0.6) is 0 Å². The lowest BCUT2D eigenvalue weighted by Crippen LogP contribution is -2.30. The molecule has 1 atom stereocenters. The number of aromatic nitrogens is 3. The van der Waals surface area contributed by atoms with Gasteiger partial charge >= 0.3 is 0 Å². The summed E-state index contributed by atoms with van der Waals surface area (Å²) in [4.78, 5) is 15.7. The van der Waals surface area contributed by atoms with Gasteiger partial charge in [-0.05, 0) is 18.2 Å². The van der Waals surface area contributed by atoms with Gasteiger partial charge in [-0.3, -0.25) is 9.48 Å². The Labute approximate surface area is 122 Å². The normalized spacial score (nSPS) is 12.1. The van der Waals surface area contributed by atoms with E-state index in [1.807, 2.05) is 36.6 Å². The quantitative estimate of drug-likeness (QED) is 0.846. The van der Waals surface area contributed by atoms with Gasteiger partial charge in [-0.15, -0.1) is 0 Å². The minimum atomic E-state index is 0.0000463. The van der Waals surface area contributed by atoms with Crippen LogP contribution in [0.2, 0.25) is 0 Å².